The maximum absolute atomic E-state index is 13.3. The predicted octanol–water partition coefficient (Wildman–Crippen LogP) is 5.10. The van der Waals surface area contributed by atoms with E-state index in [1.165, 1.54) is 75.6 Å². The number of hydrogen-bond acceptors (Lipinski definition) is 6. The summed E-state index contributed by atoms with van der Waals surface area (Å²) in [6, 6.07) is 4.77. The number of aliphatic hydroxyl groups is 1. The molecule has 2 heterocycles. The number of hydrogen-bond donors (Lipinski definition) is 2. The highest BCUT2D eigenvalue weighted by atomic mass is 19.1. The molecule has 0 spiro atoms. The lowest BCUT2D eigenvalue weighted by molar-refractivity contribution is -0.224. The number of benzene rings is 1. The summed E-state index contributed by atoms with van der Waals surface area (Å²) in [7, 11) is 0. The number of halogens is 1. The highest BCUT2D eigenvalue weighted by molar-refractivity contribution is 5.94. The van der Waals surface area contributed by atoms with Crippen LogP contribution in [0.4, 0.5) is 4.39 Å². The van der Waals surface area contributed by atoms with E-state index in [0.29, 0.717) is 12.2 Å². The van der Waals surface area contributed by atoms with Crippen molar-refractivity contribution < 1.29 is 33.2 Å². The minimum atomic E-state index is -1.16. The molecule has 2 aliphatic heterocycles. The third-order valence-electron chi connectivity index (χ3n) is 6.82. The van der Waals surface area contributed by atoms with Crippen molar-refractivity contribution in [2.75, 3.05) is 13.2 Å². The first-order chi connectivity index (χ1) is 17.3. The highest BCUT2D eigenvalue weighted by Crippen LogP contribution is 2.39. The largest absolute Gasteiger partial charge is 0.379 e. The Bertz CT molecular complexity index is 789. The summed E-state index contributed by atoms with van der Waals surface area (Å²) in [6.45, 7) is 6.58. The highest BCUT2D eigenvalue weighted by Gasteiger charge is 2.57. The average Bonchev–Trinajstić information content (AvgIpc) is 3.32. The van der Waals surface area contributed by atoms with Crippen LogP contribution in [0.2, 0.25) is 0 Å². The molecule has 2 fully saturated rings. The fourth-order valence-corrected chi connectivity index (χ4v) is 4.90. The molecule has 0 bridgehead atoms. The number of amides is 1. The van der Waals surface area contributed by atoms with Crippen molar-refractivity contribution >= 4 is 5.91 Å². The Labute approximate surface area is 215 Å². The zero-order valence-electron chi connectivity index (χ0n) is 22.0. The first-order valence-electron chi connectivity index (χ1n) is 13.6. The summed E-state index contributed by atoms with van der Waals surface area (Å²) in [5.74, 6) is -1.64. The second-order valence-electron chi connectivity index (χ2n) is 10.4. The number of fused-ring (bicyclic) bond motifs is 1. The van der Waals surface area contributed by atoms with Gasteiger partial charge in [0.05, 0.1) is 12.6 Å². The zero-order valence-corrected chi connectivity index (χ0v) is 22.0. The van der Waals surface area contributed by atoms with Gasteiger partial charge in [0.25, 0.3) is 5.91 Å². The van der Waals surface area contributed by atoms with Gasteiger partial charge >= 0.3 is 0 Å². The molecule has 0 aliphatic carbocycles. The van der Waals surface area contributed by atoms with Gasteiger partial charge in [0.1, 0.15) is 24.1 Å². The molecule has 1 amide bonds. The summed E-state index contributed by atoms with van der Waals surface area (Å²) in [5, 5.41) is 13.3. The van der Waals surface area contributed by atoms with Gasteiger partial charge in [-0.25, -0.2) is 4.39 Å². The second-order valence-corrected chi connectivity index (χ2v) is 10.4. The standard InChI is InChI=1S/C28H44FNO6/c1-4-5-6-7-8-9-10-11-12-13-18-33-19-22(30-26(31)20-14-16-21(29)17-15-20)23-24-25(27(32)34-23)36-28(2,3)35-24/h14-17,22-25,27,32H,4-13,18-19H2,1-3H3,(H,30,31)/t22-,23+,24-,25-,27-/m0/s1. The third-order valence-corrected chi connectivity index (χ3v) is 6.82. The molecular weight excluding hydrogens is 465 g/mol. The molecule has 0 saturated carbocycles. The Balaban J connectivity index is 1.46. The molecule has 2 aliphatic rings. The van der Waals surface area contributed by atoms with Crippen molar-refractivity contribution in [3.05, 3.63) is 35.6 Å². The van der Waals surface area contributed by atoms with Crippen molar-refractivity contribution in [1.29, 1.82) is 0 Å². The minimum absolute atomic E-state index is 0.203. The van der Waals surface area contributed by atoms with Crippen LogP contribution in [0.5, 0.6) is 0 Å². The molecule has 1 aromatic rings. The van der Waals surface area contributed by atoms with E-state index in [4.69, 9.17) is 18.9 Å². The molecule has 204 valence electrons. The quantitative estimate of drug-likeness (QED) is 0.302. The van der Waals surface area contributed by atoms with Crippen molar-refractivity contribution in [3.63, 3.8) is 0 Å². The fourth-order valence-electron chi connectivity index (χ4n) is 4.90. The maximum atomic E-state index is 13.3. The van der Waals surface area contributed by atoms with Gasteiger partial charge in [0.15, 0.2) is 12.1 Å². The van der Waals surface area contributed by atoms with E-state index in [1.807, 2.05) is 0 Å². The first-order valence-corrected chi connectivity index (χ1v) is 13.6. The number of nitrogens with one attached hydrogen (secondary N) is 1. The van der Waals surface area contributed by atoms with Crippen LogP contribution >= 0.6 is 0 Å². The summed E-state index contributed by atoms with van der Waals surface area (Å²) in [6.07, 6.45) is 9.44. The number of carbonyl (C=O) groups is 1. The van der Waals surface area contributed by atoms with E-state index in [0.717, 1.165) is 12.8 Å². The monoisotopic (exact) mass is 509 g/mol. The van der Waals surface area contributed by atoms with Gasteiger partial charge in [-0.1, -0.05) is 64.7 Å². The lowest BCUT2D eigenvalue weighted by atomic mass is 10.0. The van der Waals surface area contributed by atoms with Gasteiger partial charge in [-0.2, -0.15) is 0 Å². The van der Waals surface area contributed by atoms with Gasteiger partial charge in [-0.3, -0.25) is 4.79 Å². The van der Waals surface area contributed by atoms with Crippen LogP contribution in [0, 0.1) is 5.82 Å². The molecule has 5 atom stereocenters. The molecule has 3 rings (SSSR count). The maximum Gasteiger partial charge on any atom is 0.251 e. The van der Waals surface area contributed by atoms with E-state index < -0.39 is 42.2 Å². The van der Waals surface area contributed by atoms with Crippen LogP contribution < -0.4 is 5.32 Å². The Hall–Kier alpha value is -1.58. The fraction of sp³-hybridized carbons (Fsp3) is 0.750. The summed E-state index contributed by atoms with van der Waals surface area (Å²) >= 11 is 0. The normalized spacial score (nSPS) is 25.6. The number of unbranched alkanes of at least 4 members (excludes halogenated alkanes) is 9. The SMILES string of the molecule is CCCCCCCCCCCCOC[C@H](NC(=O)c1ccc(F)cc1)[C@H]1O[C@H](O)[C@H]2OC(C)(C)O[C@@H]12. The topological polar surface area (TPSA) is 86.3 Å². The molecule has 8 heteroatoms. The van der Waals surface area contributed by atoms with E-state index in [1.54, 1.807) is 13.8 Å². The van der Waals surface area contributed by atoms with Crippen LogP contribution in [0.25, 0.3) is 0 Å². The van der Waals surface area contributed by atoms with Crippen molar-refractivity contribution in [1.82, 2.24) is 5.32 Å². The van der Waals surface area contributed by atoms with Gasteiger partial charge < -0.3 is 29.4 Å². The molecule has 2 N–H and O–H groups in total. The van der Waals surface area contributed by atoms with Crippen LogP contribution in [-0.2, 0) is 18.9 Å². The number of carbonyl (C=O) groups excluding carboxylic acids is 1. The summed E-state index contributed by atoms with van der Waals surface area (Å²) < 4.78 is 36.8. The van der Waals surface area contributed by atoms with Gasteiger partial charge in [-0.15, -0.1) is 0 Å². The molecule has 36 heavy (non-hydrogen) atoms. The average molecular weight is 510 g/mol. The van der Waals surface area contributed by atoms with E-state index >= 15 is 0 Å². The molecule has 2 saturated heterocycles. The van der Waals surface area contributed by atoms with Crippen molar-refractivity contribution in [3.8, 4) is 0 Å². The number of aliphatic hydroxyl groups excluding tert-OH is 1. The van der Waals surface area contributed by atoms with E-state index in [9.17, 15) is 14.3 Å². The molecular formula is C28H44FNO6. The van der Waals surface area contributed by atoms with E-state index in [-0.39, 0.29) is 12.5 Å². The molecule has 0 radical (unpaired) electrons. The van der Waals surface area contributed by atoms with Gasteiger partial charge in [0.2, 0.25) is 0 Å². The number of rotatable bonds is 16. The second kappa shape index (κ2) is 14.4. The van der Waals surface area contributed by atoms with Crippen LogP contribution in [0.3, 0.4) is 0 Å². The van der Waals surface area contributed by atoms with Gasteiger partial charge in [-0.05, 0) is 44.5 Å². The first kappa shape index (κ1) is 29.0. The smallest absolute Gasteiger partial charge is 0.251 e. The lowest BCUT2D eigenvalue weighted by Gasteiger charge is -2.29. The van der Waals surface area contributed by atoms with Crippen molar-refractivity contribution in [2.24, 2.45) is 0 Å². The summed E-state index contributed by atoms with van der Waals surface area (Å²) in [5.41, 5.74) is 0.329. The molecule has 0 aromatic heterocycles. The molecule has 0 unspecified atom stereocenters. The minimum Gasteiger partial charge on any atom is -0.379 e. The number of ether oxygens (including phenoxy) is 4. The Morgan fingerprint density at radius 1 is 1.00 bits per heavy atom. The Kier molecular flexibility index (Phi) is 11.6. The zero-order chi connectivity index (χ0) is 26.0. The van der Waals surface area contributed by atoms with Crippen LogP contribution in [0.1, 0.15) is 95.3 Å². The molecule has 1 aromatic carbocycles. The Morgan fingerprint density at radius 3 is 2.22 bits per heavy atom. The van der Waals surface area contributed by atoms with Crippen LogP contribution in [-0.4, -0.2) is 60.7 Å². The Morgan fingerprint density at radius 2 is 1.58 bits per heavy atom. The van der Waals surface area contributed by atoms with Crippen molar-refractivity contribution in [2.45, 2.75) is 121 Å². The molecule has 7 nitrogen and oxygen atoms in total. The van der Waals surface area contributed by atoms with Crippen LogP contribution in [0.15, 0.2) is 24.3 Å². The van der Waals surface area contributed by atoms with E-state index in [2.05, 4.69) is 12.2 Å². The van der Waals surface area contributed by atoms with Gasteiger partial charge in [0, 0.05) is 12.2 Å². The lowest BCUT2D eigenvalue weighted by Crippen LogP contribution is -2.51. The predicted molar refractivity (Wildman–Crippen MR) is 135 cm³/mol. The summed E-state index contributed by atoms with van der Waals surface area (Å²) in [4.78, 5) is 12.9. The third kappa shape index (κ3) is 8.77.